The van der Waals surface area contributed by atoms with Gasteiger partial charge in [0, 0.05) is 6.54 Å². The molecule has 1 aliphatic rings. The molecule has 0 saturated carbocycles. The number of morpholine rings is 1. The Kier molecular flexibility index (Phi) is 5.67. The first-order valence-corrected chi connectivity index (χ1v) is 9.01. The van der Waals surface area contributed by atoms with Gasteiger partial charge in [0.2, 0.25) is 0 Å². The highest BCUT2D eigenvalue weighted by Crippen LogP contribution is 2.24. The van der Waals surface area contributed by atoms with Crippen LogP contribution in [0.3, 0.4) is 0 Å². The first-order chi connectivity index (χ1) is 12.7. The van der Waals surface area contributed by atoms with E-state index in [1.54, 1.807) is 28.0 Å². The molecule has 9 heteroatoms. The van der Waals surface area contributed by atoms with Gasteiger partial charge >= 0.3 is 6.09 Å². The summed E-state index contributed by atoms with van der Waals surface area (Å²) in [6.07, 6.45) is 1.14. The topological polar surface area (TPSA) is 69.5 Å². The van der Waals surface area contributed by atoms with E-state index in [2.05, 4.69) is 10.1 Å². The Hall–Kier alpha value is -2.19. The zero-order valence-corrected chi connectivity index (χ0v) is 16.2. The molecule has 0 N–H and O–H groups in total. The van der Waals surface area contributed by atoms with Crippen molar-refractivity contribution in [2.45, 2.75) is 39.0 Å². The third kappa shape index (κ3) is 4.95. The second-order valence-corrected chi connectivity index (χ2v) is 7.72. The van der Waals surface area contributed by atoms with Crippen molar-refractivity contribution in [1.82, 2.24) is 19.7 Å². The summed E-state index contributed by atoms with van der Waals surface area (Å²) in [6, 6.07) is 4.08. The van der Waals surface area contributed by atoms with Crippen LogP contribution in [0.25, 0.3) is 0 Å². The van der Waals surface area contributed by atoms with Gasteiger partial charge in [-0.1, -0.05) is 17.7 Å². The minimum Gasteiger partial charge on any atom is -0.444 e. The SMILES string of the molecule is CC(C)(C)OC(=O)N1CCOC[C@@H]1c1ncn(Cc2ccc(F)c(Cl)c2)n1. The normalized spacial score (nSPS) is 17.8. The lowest BCUT2D eigenvalue weighted by Crippen LogP contribution is -2.46. The Morgan fingerprint density at radius 2 is 2.22 bits per heavy atom. The van der Waals surface area contributed by atoms with Crippen LogP contribution in [-0.2, 0) is 16.0 Å². The molecule has 2 heterocycles. The lowest BCUT2D eigenvalue weighted by molar-refractivity contribution is -0.0351. The van der Waals surface area contributed by atoms with Crippen LogP contribution in [-0.4, -0.2) is 51.1 Å². The monoisotopic (exact) mass is 396 g/mol. The van der Waals surface area contributed by atoms with Gasteiger partial charge in [0.15, 0.2) is 5.82 Å². The maximum absolute atomic E-state index is 13.3. The van der Waals surface area contributed by atoms with Gasteiger partial charge in [0.1, 0.15) is 23.8 Å². The first-order valence-electron chi connectivity index (χ1n) is 8.63. The number of aromatic nitrogens is 3. The van der Waals surface area contributed by atoms with Crippen LogP contribution in [0, 0.1) is 5.82 Å². The molecule has 0 radical (unpaired) electrons. The van der Waals surface area contributed by atoms with Gasteiger partial charge < -0.3 is 9.47 Å². The zero-order chi connectivity index (χ0) is 19.6. The Balaban J connectivity index is 1.74. The van der Waals surface area contributed by atoms with Crippen LogP contribution in [0.2, 0.25) is 5.02 Å². The van der Waals surface area contributed by atoms with E-state index in [0.29, 0.717) is 32.1 Å². The van der Waals surface area contributed by atoms with Crippen LogP contribution in [0.4, 0.5) is 9.18 Å². The molecule has 0 aliphatic carbocycles. The first kappa shape index (κ1) is 19.6. The van der Waals surface area contributed by atoms with E-state index in [-0.39, 0.29) is 5.02 Å². The van der Waals surface area contributed by atoms with E-state index in [1.807, 2.05) is 20.8 Å². The van der Waals surface area contributed by atoms with Crippen molar-refractivity contribution in [3.8, 4) is 0 Å². The molecule has 0 spiro atoms. The summed E-state index contributed by atoms with van der Waals surface area (Å²) in [7, 11) is 0. The summed E-state index contributed by atoms with van der Waals surface area (Å²) in [5.41, 5.74) is 0.205. The molecule has 7 nitrogen and oxygen atoms in total. The summed E-state index contributed by atoms with van der Waals surface area (Å²) in [4.78, 5) is 18.4. The van der Waals surface area contributed by atoms with Gasteiger partial charge in [-0.2, -0.15) is 5.10 Å². The number of halogens is 2. The molecule has 1 aromatic heterocycles. The lowest BCUT2D eigenvalue weighted by Gasteiger charge is -2.35. The van der Waals surface area contributed by atoms with Gasteiger partial charge in [0.05, 0.1) is 24.8 Å². The number of hydrogen-bond acceptors (Lipinski definition) is 5. The van der Waals surface area contributed by atoms with Gasteiger partial charge in [-0.15, -0.1) is 0 Å². The summed E-state index contributed by atoms with van der Waals surface area (Å²) in [6.45, 7) is 6.98. The number of rotatable bonds is 3. The van der Waals surface area contributed by atoms with Crippen LogP contribution in [0.15, 0.2) is 24.5 Å². The molecule has 1 fully saturated rings. The Morgan fingerprint density at radius 1 is 1.44 bits per heavy atom. The maximum Gasteiger partial charge on any atom is 0.411 e. The minimum absolute atomic E-state index is 0.0598. The van der Waals surface area contributed by atoms with Crippen LogP contribution >= 0.6 is 11.6 Å². The fraction of sp³-hybridized carbons (Fsp3) is 0.500. The molecular weight excluding hydrogens is 375 g/mol. The van der Waals surface area contributed by atoms with Crippen molar-refractivity contribution in [2.24, 2.45) is 0 Å². The molecule has 1 saturated heterocycles. The average molecular weight is 397 g/mol. The summed E-state index contributed by atoms with van der Waals surface area (Å²) in [5.74, 6) is 0.000760. The highest BCUT2D eigenvalue weighted by atomic mass is 35.5. The largest absolute Gasteiger partial charge is 0.444 e. The Morgan fingerprint density at radius 3 is 2.93 bits per heavy atom. The molecule has 1 aromatic carbocycles. The highest BCUT2D eigenvalue weighted by molar-refractivity contribution is 6.30. The van der Waals surface area contributed by atoms with Crippen molar-refractivity contribution in [3.63, 3.8) is 0 Å². The van der Waals surface area contributed by atoms with Crippen molar-refractivity contribution in [1.29, 1.82) is 0 Å². The van der Waals surface area contributed by atoms with Gasteiger partial charge in [-0.05, 0) is 38.5 Å². The summed E-state index contributed by atoms with van der Waals surface area (Å²) < 4.78 is 25.9. The molecule has 1 atom stereocenters. The number of hydrogen-bond donors (Lipinski definition) is 0. The van der Waals surface area contributed by atoms with E-state index in [4.69, 9.17) is 21.1 Å². The molecule has 0 unspecified atom stereocenters. The molecule has 1 amide bonds. The van der Waals surface area contributed by atoms with Gasteiger partial charge in [0.25, 0.3) is 0 Å². The fourth-order valence-electron chi connectivity index (χ4n) is 2.72. The van der Waals surface area contributed by atoms with Gasteiger partial charge in [-0.3, -0.25) is 4.90 Å². The molecule has 3 rings (SSSR count). The standard InChI is InChI=1S/C18H22ClFN4O3/c1-18(2,3)27-17(25)24-6-7-26-10-15(24)16-21-11-23(22-16)9-12-4-5-14(20)13(19)8-12/h4-5,8,11,15H,6-7,9-10H2,1-3H3/t15-/m1/s1. The quantitative estimate of drug-likeness (QED) is 0.795. The minimum atomic E-state index is -0.589. The Bertz CT molecular complexity index is 821. The van der Waals surface area contributed by atoms with Crippen molar-refractivity contribution in [3.05, 3.63) is 46.8 Å². The zero-order valence-electron chi connectivity index (χ0n) is 15.5. The van der Waals surface area contributed by atoms with Crippen LogP contribution in [0.5, 0.6) is 0 Å². The lowest BCUT2D eigenvalue weighted by atomic mass is 10.2. The number of nitrogens with zero attached hydrogens (tertiary/aromatic N) is 4. The Labute approximate surface area is 162 Å². The number of carbonyl (C=O) groups excluding carboxylic acids is 1. The molecule has 2 aromatic rings. The predicted octanol–water partition coefficient (Wildman–Crippen LogP) is 3.43. The number of amides is 1. The summed E-state index contributed by atoms with van der Waals surface area (Å²) in [5, 5.41) is 4.51. The van der Waals surface area contributed by atoms with E-state index < -0.39 is 23.6 Å². The molecule has 0 bridgehead atoms. The van der Waals surface area contributed by atoms with E-state index in [1.165, 1.54) is 6.07 Å². The third-order valence-electron chi connectivity index (χ3n) is 3.94. The fourth-order valence-corrected chi connectivity index (χ4v) is 2.92. The number of ether oxygens (including phenoxy) is 2. The van der Waals surface area contributed by atoms with Crippen molar-refractivity contribution in [2.75, 3.05) is 19.8 Å². The van der Waals surface area contributed by atoms with Crippen molar-refractivity contribution >= 4 is 17.7 Å². The second-order valence-electron chi connectivity index (χ2n) is 7.31. The van der Waals surface area contributed by atoms with Gasteiger partial charge in [-0.25, -0.2) is 18.9 Å². The smallest absolute Gasteiger partial charge is 0.411 e. The maximum atomic E-state index is 13.3. The highest BCUT2D eigenvalue weighted by Gasteiger charge is 2.34. The molecule has 1 aliphatic heterocycles. The van der Waals surface area contributed by atoms with E-state index in [0.717, 1.165) is 5.56 Å². The average Bonchev–Trinajstić information content (AvgIpc) is 3.05. The number of benzene rings is 1. The predicted molar refractivity (Wildman–Crippen MR) is 97.0 cm³/mol. The third-order valence-corrected chi connectivity index (χ3v) is 4.23. The molecule has 27 heavy (non-hydrogen) atoms. The van der Waals surface area contributed by atoms with Crippen LogP contribution < -0.4 is 0 Å². The molecule has 146 valence electrons. The summed E-state index contributed by atoms with van der Waals surface area (Å²) >= 11 is 5.82. The van der Waals surface area contributed by atoms with Crippen LogP contribution in [0.1, 0.15) is 38.2 Å². The van der Waals surface area contributed by atoms with Crippen molar-refractivity contribution < 1.29 is 18.7 Å². The molecular formula is C18H22ClFN4O3. The second kappa shape index (κ2) is 7.82. The van der Waals surface area contributed by atoms with E-state index >= 15 is 0 Å². The van der Waals surface area contributed by atoms with E-state index in [9.17, 15) is 9.18 Å². The number of carbonyl (C=O) groups is 1.